The smallest absolute Gasteiger partial charge is 0.264 e. The van der Waals surface area contributed by atoms with E-state index in [4.69, 9.17) is 0 Å². The first-order valence-corrected chi connectivity index (χ1v) is 15.0. The molecule has 40 heavy (non-hydrogen) atoms. The molecule has 3 aromatic rings. The first-order chi connectivity index (χ1) is 18.7. The number of amides is 2. The predicted molar refractivity (Wildman–Crippen MR) is 161 cm³/mol. The lowest BCUT2D eigenvalue weighted by molar-refractivity contribution is -0.141. The fraction of sp³-hybridized carbons (Fsp3) is 0.375. The molecule has 0 spiro atoms. The van der Waals surface area contributed by atoms with Crippen LogP contribution < -0.4 is 9.62 Å². The molecule has 1 atom stereocenters. The van der Waals surface area contributed by atoms with Crippen LogP contribution in [0.4, 0.5) is 5.69 Å². The SMILES string of the molecule is CC[C@H](C(=O)NC(C)(C)C)N(Cc1cccc(C)c1)C(=O)CN(c1cccc(C)c1)S(=O)(=O)c1ccc(C)cc1. The number of hydrogen-bond acceptors (Lipinski definition) is 4. The van der Waals surface area contributed by atoms with Gasteiger partial charge in [-0.15, -0.1) is 0 Å². The van der Waals surface area contributed by atoms with E-state index in [0.29, 0.717) is 12.1 Å². The van der Waals surface area contributed by atoms with Crippen molar-refractivity contribution < 1.29 is 18.0 Å². The van der Waals surface area contributed by atoms with Gasteiger partial charge in [0.25, 0.3) is 10.0 Å². The number of anilines is 1. The molecular weight excluding hydrogens is 522 g/mol. The summed E-state index contributed by atoms with van der Waals surface area (Å²) in [4.78, 5) is 29.1. The number of hydrogen-bond donors (Lipinski definition) is 1. The molecule has 0 bridgehead atoms. The van der Waals surface area contributed by atoms with Crippen molar-refractivity contribution in [3.8, 4) is 0 Å². The van der Waals surface area contributed by atoms with Crippen LogP contribution in [-0.2, 0) is 26.2 Å². The number of carbonyl (C=O) groups is 2. The van der Waals surface area contributed by atoms with Crippen molar-refractivity contribution in [3.63, 3.8) is 0 Å². The van der Waals surface area contributed by atoms with Gasteiger partial charge in [0.1, 0.15) is 12.6 Å². The Kier molecular flexibility index (Phi) is 9.79. The van der Waals surface area contributed by atoms with Crippen LogP contribution in [0.5, 0.6) is 0 Å². The highest BCUT2D eigenvalue weighted by Gasteiger charge is 2.34. The lowest BCUT2D eigenvalue weighted by Gasteiger charge is -2.35. The molecule has 2 amide bonds. The molecular formula is C32H41N3O4S. The van der Waals surface area contributed by atoms with Gasteiger partial charge in [0.15, 0.2) is 0 Å². The molecule has 0 aliphatic carbocycles. The minimum atomic E-state index is -4.09. The third kappa shape index (κ3) is 7.94. The van der Waals surface area contributed by atoms with Gasteiger partial charge >= 0.3 is 0 Å². The van der Waals surface area contributed by atoms with Crippen molar-refractivity contribution in [1.29, 1.82) is 0 Å². The number of nitrogens with one attached hydrogen (secondary N) is 1. The quantitative estimate of drug-likeness (QED) is 0.352. The number of nitrogens with zero attached hydrogens (tertiary/aromatic N) is 2. The highest BCUT2D eigenvalue weighted by atomic mass is 32.2. The highest BCUT2D eigenvalue weighted by molar-refractivity contribution is 7.92. The predicted octanol–water partition coefficient (Wildman–Crippen LogP) is 5.53. The van der Waals surface area contributed by atoms with Gasteiger partial charge in [-0.1, -0.05) is 66.6 Å². The second-order valence-electron chi connectivity index (χ2n) is 11.3. The average Bonchev–Trinajstić information content (AvgIpc) is 2.86. The minimum Gasteiger partial charge on any atom is -0.350 e. The normalized spacial score (nSPS) is 12.5. The number of carbonyl (C=O) groups excluding carboxylic acids is 2. The Hall–Kier alpha value is -3.65. The summed E-state index contributed by atoms with van der Waals surface area (Å²) in [6.07, 6.45) is 0.370. The number of sulfonamides is 1. The molecule has 1 N–H and O–H groups in total. The van der Waals surface area contributed by atoms with Crippen LogP contribution in [0, 0.1) is 20.8 Å². The molecule has 0 aliphatic rings. The summed E-state index contributed by atoms with van der Waals surface area (Å²) in [5.41, 5.74) is 3.57. The molecule has 0 unspecified atom stereocenters. The van der Waals surface area contributed by atoms with Gasteiger partial charge in [-0.25, -0.2) is 8.42 Å². The largest absolute Gasteiger partial charge is 0.350 e. The van der Waals surface area contributed by atoms with E-state index in [1.165, 1.54) is 4.90 Å². The molecule has 0 aromatic heterocycles. The molecule has 0 radical (unpaired) electrons. The summed E-state index contributed by atoms with van der Waals surface area (Å²) in [5, 5.41) is 2.99. The highest BCUT2D eigenvalue weighted by Crippen LogP contribution is 2.26. The van der Waals surface area contributed by atoms with Crippen molar-refractivity contribution in [2.45, 2.75) is 77.9 Å². The molecule has 8 heteroatoms. The van der Waals surface area contributed by atoms with E-state index in [0.717, 1.165) is 26.6 Å². The van der Waals surface area contributed by atoms with E-state index in [2.05, 4.69) is 5.32 Å². The summed E-state index contributed by atoms with van der Waals surface area (Å²) in [5.74, 6) is -0.742. The second-order valence-corrected chi connectivity index (χ2v) is 13.2. The summed E-state index contributed by atoms with van der Waals surface area (Å²) in [6, 6.07) is 20.6. The topological polar surface area (TPSA) is 86.8 Å². The van der Waals surface area contributed by atoms with Crippen molar-refractivity contribution >= 4 is 27.5 Å². The molecule has 0 heterocycles. The lowest BCUT2D eigenvalue weighted by atomic mass is 10.0. The second kappa shape index (κ2) is 12.7. The van der Waals surface area contributed by atoms with E-state index in [9.17, 15) is 18.0 Å². The standard InChI is InChI=1S/C32H41N3O4S/c1-8-29(31(37)33-32(5,6)7)34(21-26-13-9-11-24(3)19-26)30(36)22-35(27-14-10-12-25(4)20-27)40(38,39)28-17-15-23(2)16-18-28/h9-20,29H,8,21-22H2,1-7H3,(H,33,37)/t29-/m1/s1. The molecule has 3 aromatic carbocycles. The zero-order valence-electron chi connectivity index (χ0n) is 24.6. The molecule has 0 aliphatic heterocycles. The zero-order chi connectivity index (χ0) is 29.7. The maximum atomic E-state index is 14.1. The monoisotopic (exact) mass is 563 g/mol. The molecule has 214 valence electrons. The van der Waals surface area contributed by atoms with Crippen LogP contribution in [-0.4, -0.2) is 43.3 Å². The molecule has 3 rings (SSSR count). The molecule has 0 fully saturated rings. The van der Waals surface area contributed by atoms with Gasteiger partial charge in [-0.3, -0.25) is 13.9 Å². The minimum absolute atomic E-state index is 0.0927. The first kappa shape index (κ1) is 30.9. The maximum Gasteiger partial charge on any atom is 0.264 e. The molecule has 0 saturated heterocycles. The molecule has 7 nitrogen and oxygen atoms in total. The van der Waals surface area contributed by atoms with E-state index in [1.54, 1.807) is 42.5 Å². The van der Waals surface area contributed by atoms with Gasteiger partial charge in [0, 0.05) is 12.1 Å². The Labute approximate surface area is 239 Å². The van der Waals surface area contributed by atoms with E-state index in [-0.39, 0.29) is 17.3 Å². The number of rotatable bonds is 10. The summed E-state index contributed by atoms with van der Waals surface area (Å²) in [7, 11) is -4.09. The van der Waals surface area contributed by atoms with Crippen LogP contribution in [0.2, 0.25) is 0 Å². The van der Waals surface area contributed by atoms with Crippen LogP contribution >= 0.6 is 0 Å². The van der Waals surface area contributed by atoms with Gasteiger partial charge in [-0.05, 0) is 83.4 Å². The first-order valence-electron chi connectivity index (χ1n) is 13.5. The van der Waals surface area contributed by atoms with Crippen LogP contribution in [0.15, 0.2) is 77.7 Å². The van der Waals surface area contributed by atoms with Crippen LogP contribution in [0.3, 0.4) is 0 Å². The number of benzene rings is 3. The Morgan fingerprint density at radius 1 is 0.850 bits per heavy atom. The van der Waals surface area contributed by atoms with Gasteiger partial charge in [0.2, 0.25) is 11.8 Å². The fourth-order valence-electron chi connectivity index (χ4n) is 4.53. The summed E-state index contributed by atoms with van der Waals surface area (Å²) >= 11 is 0. The van der Waals surface area contributed by atoms with Crippen molar-refractivity contribution in [3.05, 3.63) is 95.1 Å². The van der Waals surface area contributed by atoms with Crippen LogP contribution in [0.1, 0.15) is 56.4 Å². The van der Waals surface area contributed by atoms with Crippen molar-refractivity contribution in [1.82, 2.24) is 10.2 Å². The van der Waals surface area contributed by atoms with Gasteiger partial charge in [0.05, 0.1) is 10.6 Å². The Morgan fingerprint density at radius 2 is 1.45 bits per heavy atom. The third-order valence-corrected chi connectivity index (χ3v) is 8.29. The van der Waals surface area contributed by atoms with E-state index < -0.39 is 34.1 Å². The average molecular weight is 564 g/mol. The Bertz CT molecular complexity index is 1440. The van der Waals surface area contributed by atoms with Crippen molar-refractivity contribution in [2.75, 3.05) is 10.8 Å². The summed E-state index contributed by atoms with van der Waals surface area (Å²) < 4.78 is 29.1. The Balaban J connectivity index is 2.08. The number of aryl methyl sites for hydroxylation is 3. The van der Waals surface area contributed by atoms with Gasteiger partial charge in [-0.2, -0.15) is 0 Å². The Morgan fingerprint density at radius 3 is 2.00 bits per heavy atom. The summed E-state index contributed by atoms with van der Waals surface area (Å²) in [6.45, 7) is 12.9. The third-order valence-electron chi connectivity index (χ3n) is 6.50. The maximum absolute atomic E-state index is 14.1. The van der Waals surface area contributed by atoms with Crippen molar-refractivity contribution in [2.24, 2.45) is 0 Å². The zero-order valence-corrected chi connectivity index (χ0v) is 25.4. The van der Waals surface area contributed by atoms with E-state index in [1.807, 2.05) is 78.8 Å². The fourth-order valence-corrected chi connectivity index (χ4v) is 5.93. The van der Waals surface area contributed by atoms with Gasteiger partial charge < -0.3 is 10.2 Å². The lowest BCUT2D eigenvalue weighted by Crippen LogP contribution is -2.55. The van der Waals surface area contributed by atoms with E-state index >= 15 is 0 Å². The van der Waals surface area contributed by atoms with Crippen LogP contribution in [0.25, 0.3) is 0 Å². The molecule has 0 saturated carbocycles.